The first kappa shape index (κ1) is 23.4. The van der Waals surface area contributed by atoms with Gasteiger partial charge in [-0.3, -0.25) is 4.57 Å². The molecular weight excluding hydrogens is 474 g/mol. The molecule has 0 unspecified atom stereocenters. The Morgan fingerprint density at radius 1 is 0.868 bits per heavy atom. The van der Waals surface area contributed by atoms with E-state index in [2.05, 4.69) is 39.6 Å². The van der Waals surface area contributed by atoms with Gasteiger partial charge in [-0.2, -0.15) is 15.2 Å². The first-order valence-corrected chi connectivity index (χ1v) is 12.3. The average molecular weight is 500 g/mol. The molecule has 0 aliphatic rings. The lowest BCUT2D eigenvalue weighted by Gasteiger charge is -2.17. The molecule has 3 aromatic heterocycles. The molecule has 0 aliphatic carbocycles. The summed E-state index contributed by atoms with van der Waals surface area (Å²) in [6, 6.07) is 29.6. The van der Waals surface area contributed by atoms with E-state index in [-0.39, 0.29) is 12.6 Å². The van der Waals surface area contributed by atoms with E-state index in [0.717, 1.165) is 39.0 Å². The average Bonchev–Trinajstić information content (AvgIpc) is 3.41. The van der Waals surface area contributed by atoms with Gasteiger partial charge in [0.25, 0.3) is 0 Å². The van der Waals surface area contributed by atoms with Gasteiger partial charge in [-0.1, -0.05) is 60.7 Å². The Bertz CT molecular complexity index is 1700. The van der Waals surface area contributed by atoms with E-state index in [9.17, 15) is 5.11 Å². The van der Waals surface area contributed by atoms with Gasteiger partial charge >= 0.3 is 0 Å². The second-order valence-corrected chi connectivity index (χ2v) is 8.95. The van der Waals surface area contributed by atoms with Crippen molar-refractivity contribution in [2.45, 2.75) is 19.6 Å². The molecule has 0 saturated heterocycles. The third kappa shape index (κ3) is 4.60. The number of anilines is 1. The number of aromatic nitrogens is 6. The van der Waals surface area contributed by atoms with Gasteiger partial charge in [-0.05, 0) is 42.3 Å². The van der Waals surface area contributed by atoms with Gasteiger partial charge in [0.2, 0.25) is 5.95 Å². The van der Waals surface area contributed by atoms with Crippen LogP contribution < -0.4 is 5.32 Å². The van der Waals surface area contributed by atoms with Crippen LogP contribution in [0.15, 0.2) is 104 Å². The van der Waals surface area contributed by atoms with Crippen LogP contribution >= 0.6 is 0 Å². The number of hydrogen-bond acceptors (Lipinski definition) is 7. The Morgan fingerprint density at radius 2 is 1.71 bits per heavy atom. The highest BCUT2D eigenvalue weighted by atomic mass is 16.3. The third-order valence-corrected chi connectivity index (χ3v) is 6.48. The summed E-state index contributed by atoms with van der Waals surface area (Å²) in [5, 5.41) is 21.6. The molecule has 38 heavy (non-hydrogen) atoms. The number of nitrogens with zero attached hydrogens (tertiary/aromatic N) is 6. The summed E-state index contributed by atoms with van der Waals surface area (Å²) in [6.45, 7) is 1.99. The summed E-state index contributed by atoms with van der Waals surface area (Å²) in [6.07, 6.45) is 3.42. The normalized spacial score (nSPS) is 11.9. The molecule has 0 aliphatic heterocycles. The number of nitrogens with one attached hydrogen (secondary N) is 1. The molecule has 0 saturated carbocycles. The second-order valence-electron chi connectivity index (χ2n) is 8.95. The predicted octanol–water partition coefficient (Wildman–Crippen LogP) is 5.60. The molecule has 8 heteroatoms. The highest BCUT2D eigenvalue weighted by Crippen LogP contribution is 2.29. The summed E-state index contributed by atoms with van der Waals surface area (Å²) in [7, 11) is 0. The maximum Gasteiger partial charge on any atom is 0.225 e. The lowest BCUT2D eigenvalue weighted by Crippen LogP contribution is -2.11. The second kappa shape index (κ2) is 10.2. The molecule has 0 spiro atoms. The Kier molecular flexibility index (Phi) is 6.29. The van der Waals surface area contributed by atoms with E-state index in [1.165, 1.54) is 0 Å². The first-order chi connectivity index (χ1) is 18.7. The standard InChI is InChI=1S/C30H25N7O/c1-20(21-8-3-2-4-9-21)33-30-34-26(24-11-6-5-10-23(24)18-38)17-29(35-30)37-19-31-27-16-22(13-14-28(27)37)25-12-7-15-32-36-25/h2-17,19-20,38H,18H2,1H3,(H,33,34,35)/t20-/m0/s1. The Labute approximate surface area is 219 Å². The van der Waals surface area contributed by atoms with Gasteiger partial charge in [-0.15, -0.1) is 0 Å². The van der Waals surface area contributed by atoms with E-state index in [1.54, 1.807) is 12.5 Å². The minimum Gasteiger partial charge on any atom is -0.392 e. The van der Waals surface area contributed by atoms with Crippen LogP contribution in [-0.2, 0) is 6.61 Å². The van der Waals surface area contributed by atoms with Gasteiger partial charge in [-0.25, -0.2) is 9.97 Å². The lowest BCUT2D eigenvalue weighted by atomic mass is 10.0. The van der Waals surface area contributed by atoms with Crippen LogP contribution in [0, 0.1) is 0 Å². The largest absolute Gasteiger partial charge is 0.392 e. The van der Waals surface area contributed by atoms with Crippen LogP contribution in [0.1, 0.15) is 24.1 Å². The number of aliphatic hydroxyl groups is 1. The molecule has 3 heterocycles. The summed E-state index contributed by atoms with van der Waals surface area (Å²) < 4.78 is 1.95. The van der Waals surface area contributed by atoms with Crippen molar-refractivity contribution in [3.8, 4) is 28.3 Å². The zero-order valence-corrected chi connectivity index (χ0v) is 20.7. The lowest BCUT2D eigenvalue weighted by molar-refractivity contribution is 0.282. The maximum absolute atomic E-state index is 9.97. The highest BCUT2D eigenvalue weighted by Gasteiger charge is 2.15. The molecule has 6 aromatic rings. The van der Waals surface area contributed by atoms with E-state index >= 15 is 0 Å². The van der Waals surface area contributed by atoms with Crippen LogP contribution in [0.2, 0.25) is 0 Å². The zero-order chi connectivity index (χ0) is 25.9. The molecule has 1 atom stereocenters. The van der Waals surface area contributed by atoms with Crippen molar-refractivity contribution < 1.29 is 5.11 Å². The molecule has 2 N–H and O–H groups in total. The molecule has 0 radical (unpaired) electrons. The molecule has 8 nitrogen and oxygen atoms in total. The highest BCUT2D eigenvalue weighted by molar-refractivity contribution is 5.82. The fourth-order valence-corrected chi connectivity index (χ4v) is 4.50. The number of rotatable bonds is 7. The van der Waals surface area contributed by atoms with E-state index in [4.69, 9.17) is 9.97 Å². The minimum atomic E-state index is -0.0855. The van der Waals surface area contributed by atoms with Crippen LogP contribution in [0.5, 0.6) is 0 Å². The summed E-state index contributed by atoms with van der Waals surface area (Å²) >= 11 is 0. The van der Waals surface area contributed by atoms with Gasteiger partial charge in [0.05, 0.1) is 35.1 Å². The van der Waals surface area contributed by atoms with Crippen molar-refractivity contribution >= 4 is 17.0 Å². The molecule has 0 bridgehead atoms. The molecule has 3 aromatic carbocycles. The van der Waals surface area contributed by atoms with Crippen molar-refractivity contribution in [3.63, 3.8) is 0 Å². The topological polar surface area (TPSA) is 102 Å². The van der Waals surface area contributed by atoms with Crippen molar-refractivity contribution in [2.75, 3.05) is 5.32 Å². The number of imidazole rings is 1. The molecule has 0 fully saturated rings. The van der Waals surface area contributed by atoms with Gasteiger partial charge < -0.3 is 10.4 Å². The fourth-order valence-electron chi connectivity index (χ4n) is 4.50. The molecular formula is C30H25N7O. The summed E-state index contributed by atoms with van der Waals surface area (Å²) in [5.74, 6) is 1.15. The zero-order valence-electron chi connectivity index (χ0n) is 20.7. The Morgan fingerprint density at radius 3 is 2.53 bits per heavy atom. The molecule has 186 valence electrons. The minimum absolute atomic E-state index is 0.0125. The van der Waals surface area contributed by atoms with Crippen molar-refractivity contribution in [1.29, 1.82) is 0 Å². The van der Waals surface area contributed by atoms with Gasteiger partial charge in [0, 0.05) is 23.4 Å². The first-order valence-electron chi connectivity index (χ1n) is 12.3. The fraction of sp³-hybridized carbons (Fsp3) is 0.100. The Balaban J connectivity index is 1.45. The number of aliphatic hydroxyl groups excluding tert-OH is 1. The monoisotopic (exact) mass is 499 g/mol. The van der Waals surface area contributed by atoms with E-state index < -0.39 is 0 Å². The SMILES string of the molecule is C[C@H](Nc1nc(-c2ccccc2CO)cc(-n2cnc3cc(-c4cccnn4)ccc32)n1)c1ccccc1. The predicted molar refractivity (Wildman–Crippen MR) is 148 cm³/mol. The van der Waals surface area contributed by atoms with Crippen LogP contribution in [0.4, 0.5) is 5.95 Å². The molecule has 0 amide bonds. The van der Waals surface area contributed by atoms with Crippen LogP contribution in [0.3, 0.4) is 0 Å². The van der Waals surface area contributed by atoms with Crippen LogP contribution in [0.25, 0.3) is 39.4 Å². The quantitative estimate of drug-likeness (QED) is 0.295. The van der Waals surface area contributed by atoms with Crippen LogP contribution in [-0.4, -0.2) is 34.8 Å². The van der Waals surface area contributed by atoms with Gasteiger partial charge in [0.1, 0.15) is 12.1 Å². The number of benzene rings is 3. The number of hydrogen-bond donors (Lipinski definition) is 2. The number of fused-ring (bicyclic) bond motifs is 1. The van der Waals surface area contributed by atoms with Crippen molar-refractivity contribution in [2.24, 2.45) is 0 Å². The molecule has 6 rings (SSSR count). The van der Waals surface area contributed by atoms with Gasteiger partial charge in [0.15, 0.2) is 0 Å². The van der Waals surface area contributed by atoms with Crippen molar-refractivity contribution in [3.05, 3.63) is 115 Å². The smallest absolute Gasteiger partial charge is 0.225 e. The Hall–Kier alpha value is -4.95. The summed E-state index contributed by atoms with van der Waals surface area (Å²) in [5.41, 5.74) is 6.93. The van der Waals surface area contributed by atoms with Crippen molar-refractivity contribution in [1.82, 2.24) is 29.7 Å². The third-order valence-electron chi connectivity index (χ3n) is 6.48. The van der Waals surface area contributed by atoms with E-state index in [0.29, 0.717) is 17.5 Å². The van der Waals surface area contributed by atoms with E-state index in [1.807, 2.05) is 83.4 Å². The maximum atomic E-state index is 9.97. The summed E-state index contributed by atoms with van der Waals surface area (Å²) in [4.78, 5) is 14.4.